The van der Waals surface area contributed by atoms with Crippen LogP contribution in [0, 0.1) is 12.7 Å². The minimum Gasteiger partial charge on any atom is -0.475 e. The predicted octanol–water partition coefficient (Wildman–Crippen LogP) is 2.32. The van der Waals surface area contributed by atoms with Crippen LogP contribution in [0.2, 0.25) is 0 Å². The summed E-state index contributed by atoms with van der Waals surface area (Å²) in [5.74, 6) is -2.80. The van der Waals surface area contributed by atoms with Crippen molar-refractivity contribution < 1.29 is 41.6 Å². The lowest BCUT2D eigenvalue weighted by molar-refractivity contribution is -0.192. The van der Waals surface area contributed by atoms with Gasteiger partial charge in [-0.1, -0.05) is 11.2 Å². The zero-order valence-corrected chi connectivity index (χ0v) is 18.3. The van der Waals surface area contributed by atoms with E-state index in [1.165, 1.54) is 12.1 Å². The number of amides is 2. The van der Waals surface area contributed by atoms with Gasteiger partial charge in [-0.25, -0.2) is 9.18 Å². The Labute approximate surface area is 191 Å². The van der Waals surface area contributed by atoms with E-state index in [1.54, 1.807) is 34.9 Å². The highest BCUT2D eigenvalue weighted by Gasteiger charge is 2.49. The van der Waals surface area contributed by atoms with Crippen molar-refractivity contribution in [1.82, 2.24) is 15.0 Å². The maximum absolute atomic E-state index is 13.6. The molecule has 2 aliphatic heterocycles. The summed E-state index contributed by atoms with van der Waals surface area (Å²) in [5, 5.41) is 10.9. The van der Waals surface area contributed by atoms with Crippen LogP contribution in [0.15, 0.2) is 34.9 Å². The van der Waals surface area contributed by atoms with Crippen LogP contribution in [-0.2, 0) is 9.59 Å². The van der Waals surface area contributed by atoms with Gasteiger partial charge in [0.2, 0.25) is 5.91 Å². The van der Waals surface area contributed by atoms with E-state index < -0.39 is 12.1 Å². The third kappa shape index (κ3) is 5.35. The molecule has 2 amide bonds. The molecule has 1 atom stereocenters. The van der Waals surface area contributed by atoms with Crippen molar-refractivity contribution in [3.8, 4) is 0 Å². The number of aryl methyl sites for hydroxylation is 1. The molecular weight excluding hydrogens is 464 g/mol. The number of rotatable bonds is 2. The Morgan fingerprint density at radius 1 is 1.21 bits per heavy atom. The summed E-state index contributed by atoms with van der Waals surface area (Å²) >= 11 is 0. The molecule has 13 heteroatoms. The highest BCUT2D eigenvalue weighted by Crippen LogP contribution is 2.34. The van der Waals surface area contributed by atoms with Crippen molar-refractivity contribution in [2.24, 2.45) is 0 Å². The van der Waals surface area contributed by atoms with E-state index in [9.17, 15) is 27.2 Å². The van der Waals surface area contributed by atoms with Gasteiger partial charge in [0.1, 0.15) is 11.6 Å². The van der Waals surface area contributed by atoms with Crippen LogP contribution in [0.4, 0.5) is 23.2 Å². The summed E-state index contributed by atoms with van der Waals surface area (Å²) in [6.45, 7) is 3.43. The molecule has 9 nitrogen and oxygen atoms in total. The minimum atomic E-state index is -5.08. The summed E-state index contributed by atoms with van der Waals surface area (Å²) in [6.07, 6.45) is -4.36. The molecule has 3 heterocycles. The molecule has 0 bridgehead atoms. The number of halogens is 4. The highest BCUT2D eigenvalue weighted by atomic mass is 19.4. The summed E-state index contributed by atoms with van der Waals surface area (Å²) in [7, 11) is 1.90. The second-order valence-corrected chi connectivity index (χ2v) is 8.14. The smallest absolute Gasteiger partial charge is 0.475 e. The molecule has 0 radical (unpaired) electrons. The molecule has 2 fully saturated rings. The summed E-state index contributed by atoms with van der Waals surface area (Å²) < 4.78 is 50.4. The van der Waals surface area contributed by atoms with Crippen molar-refractivity contribution in [2.45, 2.75) is 25.1 Å². The van der Waals surface area contributed by atoms with Gasteiger partial charge in [-0.15, -0.1) is 0 Å². The summed E-state index contributed by atoms with van der Waals surface area (Å²) in [6, 6.07) is 7.68. The molecule has 34 heavy (non-hydrogen) atoms. The molecule has 0 saturated carbocycles. The second kappa shape index (κ2) is 9.41. The van der Waals surface area contributed by atoms with Gasteiger partial charge >= 0.3 is 12.1 Å². The number of carbonyl (C=O) groups is 3. The van der Waals surface area contributed by atoms with Gasteiger partial charge in [0.15, 0.2) is 5.69 Å². The number of aliphatic carboxylic acids is 1. The molecule has 1 N–H and O–H groups in total. The number of hydrogen-bond acceptors (Lipinski definition) is 6. The number of piperazine rings is 1. The van der Waals surface area contributed by atoms with E-state index in [1.807, 2.05) is 11.9 Å². The number of likely N-dealkylation sites (N-methyl/N-ethyl adjacent to an activating group) is 1. The molecule has 1 spiro atoms. The number of aromatic nitrogens is 1. The van der Waals surface area contributed by atoms with Crippen molar-refractivity contribution >= 4 is 23.5 Å². The SMILES string of the molecule is Cc1cc(C(=O)N2CCC3(C2)CN(c2cccc(F)c2)C(=O)CN3C)no1.O=C(O)C(F)(F)F. The molecule has 4 rings (SSSR count). The van der Waals surface area contributed by atoms with Crippen molar-refractivity contribution in [3.63, 3.8) is 0 Å². The third-order valence-corrected chi connectivity index (χ3v) is 5.76. The van der Waals surface area contributed by atoms with Gasteiger partial charge in [-0.05, 0) is 38.6 Å². The predicted molar refractivity (Wildman–Crippen MR) is 110 cm³/mol. The van der Waals surface area contributed by atoms with Crippen molar-refractivity contribution in [3.05, 3.63) is 47.6 Å². The van der Waals surface area contributed by atoms with E-state index in [4.69, 9.17) is 14.4 Å². The molecule has 184 valence electrons. The molecule has 2 aliphatic rings. The van der Waals surface area contributed by atoms with E-state index in [0.29, 0.717) is 36.8 Å². The Kier molecular flexibility index (Phi) is 6.96. The number of alkyl halides is 3. The quantitative estimate of drug-likeness (QED) is 0.650. The zero-order chi connectivity index (χ0) is 25.3. The Bertz CT molecular complexity index is 1090. The molecule has 0 aliphatic carbocycles. The molecule has 2 aromatic rings. The van der Waals surface area contributed by atoms with Crippen LogP contribution < -0.4 is 4.90 Å². The minimum absolute atomic E-state index is 0.0781. The maximum atomic E-state index is 13.6. The highest BCUT2D eigenvalue weighted by molar-refractivity contribution is 5.96. The van der Waals surface area contributed by atoms with Gasteiger partial charge in [0.25, 0.3) is 5.91 Å². The van der Waals surface area contributed by atoms with Crippen molar-refractivity contribution in [1.29, 1.82) is 0 Å². The fourth-order valence-electron chi connectivity index (χ4n) is 3.94. The number of likely N-dealkylation sites (tertiary alicyclic amines) is 1. The Balaban J connectivity index is 0.000000406. The van der Waals surface area contributed by atoms with Gasteiger partial charge in [-0.3, -0.25) is 14.5 Å². The normalized spacial score (nSPS) is 20.9. The third-order valence-electron chi connectivity index (χ3n) is 5.76. The molecule has 1 aromatic heterocycles. The Hall–Kier alpha value is -3.48. The number of carbonyl (C=O) groups excluding carboxylic acids is 2. The van der Waals surface area contributed by atoms with Crippen molar-refractivity contribution in [2.75, 3.05) is 38.1 Å². The first-order chi connectivity index (χ1) is 15.8. The number of carboxylic acid groups (broad SMARTS) is 1. The van der Waals surface area contributed by atoms with Crippen LogP contribution in [0.25, 0.3) is 0 Å². The van der Waals surface area contributed by atoms with Gasteiger partial charge in [0, 0.05) is 31.4 Å². The molecule has 2 saturated heterocycles. The fourth-order valence-corrected chi connectivity index (χ4v) is 3.94. The van der Waals surface area contributed by atoms with E-state index >= 15 is 0 Å². The van der Waals surface area contributed by atoms with Crippen LogP contribution in [-0.4, -0.2) is 82.8 Å². The number of benzene rings is 1. The number of carboxylic acids is 1. The summed E-state index contributed by atoms with van der Waals surface area (Å²) in [5.41, 5.74) is 0.472. The lowest BCUT2D eigenvalue weighted by atomic mass is 9.92. The average molecular weight is 486 g/mol. The van der Waals surface area contributed by atoms with Gasteiger partial charge < -0.3 is 19.4 Å². The van der Waals surface area contributed by atoms with Crippen LogP contribution in [0.1, 0.15) is 22.7 Å². The van der Waals surface area contributed by atoms with E-state index in [0.717, 1.165) is 6.42 Å². The topological polar surface area (TPSA) is 107 Å². The first-order valence-electron chi connectivity index (χ1n) is 10.1. The fraction of sp³-hybridized carbons (Fsp3) is 0.429. The lowest BCUT2D eigenvalue weighted by Gasteiger charge is -2.46. The molecule has 1 unspecified atom stereocenters. The lowest BCUT2D eigenvalue weighted by Crippen LogP contribution is -2.64. The number of nitrogens with zero attached hydrogens (tertiary/aromatic N) is 4. The van der Waals surface area contributed by atoms with Crippen LogP contribution in [0.3, 0.4) is 0 Å². The maximum Gasteiger partial charge on any atom is 0.490 e. The zero-order valence-electron chi connectivity index (χ0n) is 18.3. The van der Waals surface area contributed by atoms with Gasteiger partial charge in [-0.2, -0.15) is 13.2 Å². The second-order valence-electron chi connectivity index (χ2n) is 8.14. The van der Waals surface area contributed by atoms with E-state index in [-0.39, 0.29) is 29.7 Å². The Morgan fingerprint density at radius 3 is 2.44 bits per heavy atom. The molecule has 1 aromatic carbocycles. The number of anilines is 1. The first-order valence-corrected chi connectivity index (χ1v) is 10.1. The summed E-state index contributed by atoms with van der Waals surface area (Å²) in [4.78, 5) is 39.5. The van der Waals surface area contributed by atoms with Gasteiger partial charge in [0.05, 0.1) is 12.1 Å². The average Bonchev–Trinajstić information content (AvgIpc) is 3.37. The van der Waals surface area contributed by atoms with Crippen LogP contribution in [0.5, 0.6) is 0 Å². The molecular formula is C21H22F4N4O5. The largest absolute Gasteiger partial charge is 0.490 e. The van der Waals surface area contributed by atoms with E-state index in [2.05, 4.69) is 5.16 Å². The number of hydrogen-bond donors (Lipinski definition) is 1. The monoisotopic (exact) mass is 486 g/mol. The van der Waals surface area contributed by atoms with Crippen LogP contribution >= 0.6 is 0 Å². The first kappa shape index (κ1) is 25.1. The standard InChI is InChI=1S/C19H21FN4O3.C2HF3O2/c1-13-8-16(21-27-13)18(26)23-7-6-19(11-23)12-24(17(25)10-22(19)2)15-5-3-4-14(20)9-15;3-2(4,5)1(6)7/h3-5,8-9H,6-7,10-12H2,1-2H3;(H,6,7). The Morgan fingerprint density at radius 2 is 1.88 bits per heavy atom.